The lowest BCUT2D eigenvalue weighted by Gasteiger charge is -2.36. The third-order valence-electron chi connectivity index (χ3n) is 4.07. The van der Waals surface area contributed by atoms with Crippen molar-refractivity contribution in [3.63, 3.8) is 0 Å². The van der Waals surface area contributed by atoms with Crippen LogP contribution in [0.3, 0.4) is 0 Å². The molecule has 3 nitrogen and oxygen atoms in total. The Kier molecular flexibility index (Phi) is 7.20. The van der Waals surface area contributed by atoms with Gasteiger partial charge in [-0.3, -0.25) is 0 Å². The predicted molar refractivity (Wildman–Crippen MR) is 85.9 cm³/mol. The molecule has 0 bridgehead atoms. The average molecular weight is 278 g/mol. The van der Waals surface area contributed by atoms with Crippen molar-refractivity contribution in [2.24, 2.45) is 0 Å². The summed E-state index contributed by atoms with van der Waals surface area (Å²) in [6.07, 6.45) is 0.910. The summed E-state index contributed by atoms with van der Waals surface area (Å²) in [4.78, 5) is 2.44. The Bertz CT molecular complexity index is 367. The molecule has 0 saturated carbocycles. The molecule has 1 aromatic rings. The van der Waals surface area contributed by atoms with E-state index in [1.807, 2.05) is 18.2 Å². The fourth-order valence-electron chi connectivity index (χ4n) is 2.77. The first-order chi connectivity index (χ1) is 9.59. The maximum Gasteiger partial charge on any atom is 0.0681 e. The summed E-state index contributed by atoms with van der Waals surface area (Å²) in [7, 11) is 0. The Hall–Kier alpha value is -0.900. The molecular weight excluding hydrogens is 248 g/mol. The van der Waals surface area contributed by atoms with Gasteiger partial charge in [0.15, 0.2) is 0 Å². The average Bonchev–Trinajstić information content (AvgIpc) is 2.47. The molecule has 0 aliphatic carbocycles. The minimum absolute atomic E-state index is 0.125. The van der Waals surface area contributed by atoms with Gasteiger partial charge in [0.1, 0.15) is 0 Å². The van der Waals surface area contributed by atoms with E-state index in [1.165, 1.54) is 5.56 Å². The van der Waals surface area contributed by atoms with E-state index >= 15 is 0 Å². The van der Waals surface area contributed by atoms with E-state index in [9.17, 15) is 5.11 Å². The molecule has 0 radical (unpaired) electrons. The zero-order chi connectivity index (χ0) is 15.0. The third kappa shape index (κ3) is 4.30. The summed E-state index contributed by atoms with van der Waals surface area (Å²) in [5, 5.41) is 13.5. The molecular formula is C17H30N2O. The maximum atomic E-state index is 10.0. The van der Waals surface area contributed by atoms with Gasteiger partial charge in [0.05, 0.1) is 12.1 Å². The molecule has 0 saturated heterocycles. The fourth-order valence-corrected chi connectivity index (χ4v) is 2.77. The molecule has 20 heavy (non-hydrogen) atoms. The van der Waals surface area contributed by atoms with Gasteiger partial charge >= 0.3 is 0 Å². The van der Waals surface area contributed by atoms with Crippen molar-refractivity contribution in [1.29, 1.82) is 0 Å². The van der Waals surface area contributed by atoms with Crippen LogP contribution in [0.5, 0.6) is 0 Å². The van der Waals surface area contributed by atoms with Gasteiger partial charge in [-0.15, -0.1) is 0 Å². The Labute approximate surface area is 124 Å². The Morgan fingerprint density at radius 2 is 1.85 bits per heavy atom. The monoisotopic (exact) mass is 278 g/mol. The second-order valence-electron chi connectivity index (χ2n) is 5.61. The molecule has 0 fully saturated rings. The number of hydrogen-bond donors (Lipinski definition) is 2. The molecule has 0 aliphatic heterocycles. The minimum Gasteiger partial charge on any atom is -0.394 e. The van der Waals surface area contributed by atoms with E-state index in [0.717, 1.165) is 26.1 Å². The van der Waals surface area contributed by atoms with Crippen LogP contribution in [0.1, 0.15) is 39.7 Å². The molecule has 114 valence electrons. The number of aliphatic hydroxyl groups is 1. The van der Waals surface area contributed by atoms with Gasteiger partial charge in [-0.1, -0.05) is 44.2 Å². The number of benzene rings is 1. The van der Waals surface area contributed by atoms with Crippen LogP contribution in [0.15, 0.2) is 30.3 Å². The molecule has 1 rings (SSSR count). The lowest BCUT2D eigenvalue weighted by Crippen LogP contribution is -2.48. The van der Waals surface area contributed by atoms with E-state index in [0.29, 0.717) is 6.04 Å². The van der Waals surface area contributed by atoms with Crippen LogP contribution in [-0.2, 0) is 5.54 Å². The molecule has 0 aromatic heterocycles. The van der Waals surface area contributed by atoms with Gasteiger partial charge in [-0.2, -0.15) is 0 Å². The van der Waals surface area contributed by atoms with E-state index in [-0.39, 0.29) is 12.1 Å². The highest BCUT2D eigenvalue weighted by atomic mass is 16.3. The Balaban J connectivity index is 2.89. The number of nitrogens with zero attached hydrogens (tertiary/aromatic N) is 1. The lowest BCUT2D eigenvalue weighted by molar-refractivity contribution is 0.125. The number of hydrogen-bond acceptors (Lipinski definition) is 3. The molecule has 1 atom stereocenters. The van der Waals surface area contributed by atoms with Crippen molar-refractivity contribution < 1.29 is 5.11 Å². The molecule has 1 aromatic carbocycles. The number of rotatable bonds is 9. The van der Waals surface area contributed by atoms with E-state index in [1.54, 1.807) is 0 Å². The predicted octanol–water partition coefficient (Wildman–Crippen LogP) is 2.60. The van der Waals surface area contributed by atoms with Crippen LogP contribution < -0.4 is 5.32 Å². The number of likely N-dealkylation sites (N-methyl/N-ethyl adjacent to an activating group) is 1. The maximum absolute atomic E-state index is 10.0. The van der Waals surface area contributed by atoms with Crippen LogP contribution >= 0.6 is 0 Å². The summed E-state index contributed by atoms with van der Waals surface area (Å²) >= 11 is 0. The van der Waals surface area contributed by atoms with E-state index in [2.05, 4.69) is 50.0 Å². The number of aliphatic hydroxyl groups excluding tert-OH is 1. The van der Waals surface area contributed by atoms with Crippen LogP contribution in [-0.4, -0.2) is 42.3 Å². The molecule has 0 amide bonds. The SMILES string of the molecule is CCNC(CO)(CCN(CC)C(C)C)c1ccccc1. The summed E-state index contributed by atoms with van der Waals surface area (Å²) < 4.78 is 0. The first kappa shape index (κ1) is 17.2. The molecule has 0 spiro atoms. The van der Waals surface area contributed by atoms with Crippen molar-refractivity contribution in [2.75, 3.05) is 26.2 Å². The van der Waals surface area contributed by atoms with Gasteiger partial charge in [-0.05, 0) is 38.9 Å². The zero-order valence-electron chi connectivity index (χ0n) is 13.4. The quantitative estimate of drug-likeness (QED) is 0.729. The molecule has 0 aliphatic rings. The third-order valence-corrected chi connectivity index (χ3v) is 4.07. The van der Waals surface area contributed by atoms with E-state index < -0.39 is 0 Å². The second kappa shape index (κ2) is 8.40. The van der Waals surface area contributed by atoms with E-state index in [4.69, 9.17) is 0 Å². The lowest BCUT2D eigenvalue weighted by atomic mass is 9.86. The van der Waals surface area contributed by atoms with Gasteiger partial charge in [-0.25, -0.2) is 0 Å². The second-order valence-corrected chi connectivity index (χ2v) is 5.61. The first-order valence-corrected chi connectivity index (χ1v) is 7.75. The van der Waals surface area contributed by atoms with Crippen LogP contribution in [0.2, 0.25) is 0 Å². The zero-order valence-corrected chi connectivity index (χ0v) is 13.4. The molecule has 3 heteroatoms. The van der Waals surface area contributed by atoms with Crippen molar-refractivity contribution in [3.05, 3.63) is 35.9 Å². The summed E-state index contributed by atoms with van der Waals surface area (Å²) in [6, 6.07) is 10.8. The van der Waals surface area contributed by atoms with Crippen molar-refractivity contribution in [3.8, 4) is 0 Å². The largest absolute Gasteiger partial charge is 0.394 e. The topological polar surface area (TPSA) is 35.5 Å². The highest BCUT2D eigenvalue weighted by Gasteiger charge is 2.30. The van der Waals surface area contributed by atoms with Gasteiger partial charge in [0, 0.05) is 12.6 Å². The molecule has 0 heterocycles. The summed E-state index contributed by atoms with van der Waals surface area (Å²) in [5.41, 5.74) is 0.836. The van der Waals surface area contributed by atoms with Gasteiger partial charge < -0.3 is 15.3 Å². The fraction of sp³-hybridized carbons (Fsp3) is 0.647. The molecule has 1 unspecified atom stereocenters. The molecule has 2 N–H and O–H groups in total. The number of nitrogens with one attached hydrogen (secondary N) is 1. The standard InChI is InChI=1S/C17H30N2O/c1-5-18-17(14-20,16-10-8-7-9-11-16)12-13-19(6-2)15(3)4/h7-11,15,18,20H,5-6,12-14H2,1-4H3. The van der Waals surface area contributed by atoms with Crippen LogP contribution in [0.4, 0.5) is 0 Å². The van der Waals surface area contributed by atoms with Crippen LogP contribution in [0, 0.1) is 0 Å². The van der Waals surface area contributed by atoms with Gasteiger partial charge in [0.2, 0.25) is 0 Å². The highest BCUT2D eigenvalue weighted by molar-refractivity contribution is 5.24. The van der Waals surface area contributed by atoms with Crippen molar-refractivity contribution >= 4 is 0 Å². The summed E-state index contributed by atoms with van der Waals surface area (Å²) in [6.45, 7) is 11.7. The normalized spacial score (nSPS) is 14.8. The summed E-state index contributed by atoms with van der Waals surface area (Å²) in [5.74, 6) is 0. The van der Waals surface area contributed by atoms with Crippen molar-refractivity contribution in [1.82, 2.24) is 10.2 Å². The van der Waals surface area contributed by atoms with Gasteiger partial charge in [0.25, 0.3) is 0 Å². The van der Waals surface area contributed by atoms with Crippen molar-refractivity contribution in [2.45, 2.75) is 45.7 Å². The van der Waals surface area contributed by atoms with Crippen LogP contribution in [0.25, 0.3) is 0 Å². The first-order valence-electron chi connectivity index (χ1n) is 7.75. The smallest absolute Gasteiger partial charge is 0.0681 e. The highest BCUT2D eigenvalue weighted by Crippen LogP contribution is 2.25. The minimum atomic E-state index is -0.335. The Morgan fingerprint density at radius 3 is 2.30 bits per heavy atom. The Morgan fingerprint density at radius 1 is 1.20 bits per heavy atom.